The molecular weight excluding hydrogens is 410 g/mol. The minimum absolute atomic E-state index is 0.191. The summed E-state index contributed by atoms with van der Waals surface area (Å²) in [7, 11) is 0. The van der Waals surface area contributed by atoms with Crippen molar-refractivity contribution in [2.45, 2.75) is 41.2 Å². The van der Waals surface area contributed by atoms with Gasteiger partial charge in [-0.05, 0) is 25.3 Å². The molecule has 1 aliphatic rings. The third kappa shape index (κ3) is 7.35. The van der Waals surface area contributed by atoms with Crippen molar-refractivity contribution in [2.24, 2.45) is 5.41 Å². The molecule has 33 heavy (non-hydrogen) atoms. The van der Waals surface area contributed by atoms with Gasteiger partial charge in [0, 0.05) is 44.7 Å². The quantitative estimate of drug-likeness (QED) is 0.381. The molecular formula is C28H41N3O2. The predicted molar refractivity (Wildman–Crippen MR) is 142 cm³/mol. The second-order valence-electron chi connectivity index (χ2n) is 9.05. The van der Waals surface area contributed by atoms with Gasteiger partial charge in [0.15, 0.2) is 6.29 Å². The lowest BCUT2D eigenvalue weighted by Gasteiger charge is -2.36. The number of benzene rings is 1. The number of terminal acetylenes is 1. The van der Waals surface area contributed by atoms with Crippen LogP contribution in [0.25, 0.3) is 10.9 Å². The lowest BCUT2D eigenvalue weighted by Crippen LogP contribution is -2.48. The van der Waals surface area contributed by atoms with Crippen LogP contribution in [0.2, 0.25) is 0 Å². The van der Waals surface area contributed by atoms with Gasteiger partial charge >= 0.3 is 0 Å². The fraction of sp³-hybridized carbons (Fsp3) is 0.464. The molecule has 1 aliphatic heterocycles. The van der Waals surface area contributed by atoms with E-state index in [1.807, 2.05) is 24.3 Å². The number of rotatable bonds is 6. The number of aldehydes is 1. The summed E-state index contributed by atoms with van der Waals surface area (Å²) >= 11 is 0. The average molecular weight is 452 g/mol. The highest BCUT2D eigenvalue weighted by atomic mass is 16.3. The lowest BCUT2D eigenvalue weighted by molar-refractivity contribution is 0.112. The van der Waals surface area contributed by atoms with Crippen molar-refractivity contribution in [1.29, 1.82) is 0 Å². The molecule has 1 saturated heterocycles. The first-order valence-electron chi connectivity index (χ1n) is 11.5. The molecule has 1 fully saturated rings. The largest absolute Gasteiger partial charge is 0.395 e. The van der Waals surface area contributed by atoms with Crippen molar-refractivity contribution in [1.82, 2.24) is 9.47 Å². The lowest BCUT2D eigenvalue weighted by atomic mass is 9.88. The zero-order chi connectivity index (χ0) is 25.0. The zero-order valence-electron chi connectivity index (χ0n) is 21.1. The van der Waals surface area contributed by atoms with Gasteiger partial charge in [0.05, 0.1) is 17.7 Å². The van der Waals surface area contributed by atoms with Crippen molar-refractivity contribution >= 4 is 23.0 Å². The summed E-state index contributed by atoms with van der Waals surface area (Å²) in [6, 6.07) is 8.03. The van der Waals surface area contributed by atoms with Gasteiger partial charge in [-0.25, -0.2) is 0 Å². The number of anilines is 1. The molecule has 0 radical (unpaired) electrons. The highest BCUT2D eigenvalue weighted by Gasteiger charge is 2.24. The Morgan fingerprint density at radius 3 is 2.21 bits per heavy atom. The summed E-state index contributed by atoms with van der Waals surface area (Å²) in [6.07, 6.45) is 13.0. The molecule has 0 atom stereocenters. The number of nitrogens with zero attached hydrogens (tertiary/aromatic N) is 3. The van der Waals surface area contributed by atoms with E-state index in [1.165, 1.54) is 5.57 Å². The Hall–Kier alpha value is -2.81. The molecule has 0 spiro atoms. The number of piperazine rings is 1. The fourth-order valence-corrected chi connectivity index (χ4v) is 3.85. The van der Waals surface area contributed by atoms with Crippen LogP contribution in [0.1, 0.15) is 45.0 Å². The molecule has 5 heteroatoms. The maximum absolute atomic E-state index is 11.8. The Morgan fingerprint density at radius 2 is 1.76 bits per heavy atom. The van der Waals surface area contributed by atoms with Crippen molar-refractivity contribution in [3.05, 3.63) is 54.1 Å². The maximum Gasteiger partial charge on any atom is 0.154 e. The standard InChI is InChI=1S/C18H23N3O2.C8H16.C2H2/c1-2-7-21-17-6-4-3-5-15(17)16(14-23)18(21)20-10-8-19(9-11-20)12-13-22;1-6-7(2)8(3,4)5;1-2/h2-6,14,22H,1,7-13H2;6H,1-5H3;1-2H/b;7-6+;. The van der Waals surface area contributed by atoms with Gasteiger partial charge in [0.25, 0.3) is 0 Å². The van der Waals surface area contributed by atoms with E-state index < -0.39 is 0 Å². The smallest absolute Gasteiger partial charge is 0.154 e. The van der Waals surface area contributed by atoms with Crippen molar-refractivity contribution in [3.8, 4) is 12.8 Å². The average Bonchev–Trinajstić information content (AvgIpc) is 3.14. The van der Waals surface area contributed by atoms with E-state index in [0.717, 1.165) is 54.7 Å². The van der Waals surface area contributed by atoms with Crippen LogP contribution in [0.3, 0.4) is 0 Å². The first kappa shape index (κ1) is 28.2. The van der Waals surface area contributed by atoms with Crippen LogP contribution in [0, 0.1) is 18.3 Å². The van der Waals surface area contributed by atoms with E-state index in [2.05, 4.69) is 80.6 Å². The van der Waals surface area contributed by atoms with Crippen LogP contribution in [-0.4, -0.2) is 60.2 Å². The second kappa shape index (κ2) is 13.7. The Labute approximate surface area is 200 Å². The molecule has 0 aliphatic carbocycles. The van der Waals surface area contributed by atoms with E-state index in [-0.39, 0.29) is 6.61 Å². The summed E-state index contributed by atoms with van der Waals surface area (Å²) in [5.41, 5.74) is 3.66. The molecule has 0 unspecified atom stereocenters. The van der Waals surface area contributed by atoms with Crippen LogP contribution >= 0.6 is 0 Å². The van der Waals surface area contributed by atoms with Crippen LogP contribution < -0.4 is 4.90 Å². The number of fused-ring (bicyclic) bond motifs is 1. The minimum atomic E-state index is 0.191. The molecule has 180 valence electrons. The Kier molecular flexibility index (Phi) is 11.7. The second-order valence-corrected chi connectivity index (χ2v) is 9.05. The van der Waals surface area contributed by atoms with E-state index in [9.17, 15) is 4.79 Å². The minimum Gasteiger partial charge on any atom is -0.395 e. The summed E-state index contributed by atoms with van der Waals surface area (Å²) in [5.74, 6) is 0.991. The van der Waals surface area contributed by atoms with Gasteiger partial charge in [-0.1, -0.05) is 56.7 Å². The molecule has 2 aromatic rings. The van der Waals surface area contributed by atoms with E-state index in [1.54, 1.807) is 0 Å². The monoisotopic (exact) mass is 451 g/mol. The summed E-state index contributed by atoms with van der Waals surface area (Å²) < 4.78 is 2.17. The normalized spacial score (nSPS) is 14.7. The van der Waals surface area contributed by atoms with Gasteiger partial charge in [-0.2, -0.15) is 0 Å². The fourth-order valence-electron chi connectivity index (χ4n) is 3.85. The summed E-state index contributed by atoms with van der Waals surface area (Å²) in [6.45, 7) is 19.9. The molecule has 1 aromatic heterocycles. The summed E-state index contributed by atoms with van der Waals surface area (Å²) in [4.78, 5) is 16.3. The van der Waals surface area contributed by atoms with Crippen LogP contribution in [0.15, 0.2) is 48.6 Å². The molecule has 0 bridgehead atoms. The molecule has 5 nitrogen and oxygen atoms in total. The van der Waals surface area contributed by atoms with Crippen LogP contribution in [0.5, 0.6) is 0 Å². The van der Waals surface area contributed by atoms with E-state index >= 15 is 0 Å². The summed E-state index contributed by atoms with van der Waals surface area (Å²) in [5, 5.41) is 10.1. The molecule has 0 saturated carbocycles. The number of carbonyl (C=O) groups is 1. The molecule has 2 heterocycles. The topological polar surface area (TPSA) is 48.7 Å². The molecule has 3 rings (SSSR count). The number of hydrogen-bond donors (Lipinski definition) is 1. The molecule has 1 aromatic carbocycles. The molecule has 1 N–H and O–H groups in total. The number of allylic oxidation sites excluding steroid dienone is 3. The van der Waals surface area contributed by atoms with Crippen LogP contribution in [0.4, 0.5) is 5.82 Å². The number of para-hydroxylation sites is 1. The third-order valence-corrected chi connectivity index (χ3v) is 6.12. The van der Waals surface area contributed by atoms with Crippen LogP contribution in [-0.2, 0) is 6.54 Å². The van der Waals surface area contributed by atoms with Gasteiger partial charge in [-0.3, -0.25) is 9.69 Å². The highest BCUT2D eigenvalue weighted by Crippen LogP contribution is 2.32. The van der Waals surface area contributed by atoms with Gasteiger partial charge in [0.2, 0.25) is 0 Å². The van der Waals surface area contributed by atoms with Gasteiger partial charge in [0.1, 0.15) is 5.82 Å². The molecule has 0 amide bonds. The Balaban J connectivity index is 0.000000464. The SMILES string of the molecule is C#C.C/C=C(\C)C(C)(C)C.C=CCn1c(N2CCN(CCO)CC2)c(C=O)c2ccccc21. The predicted octanol–water partition coefficient (Wildman–Crippen LogP) is 5.00. The number of aliphatic hydroxyl groups is 1. The van der Waals surface area contributed by atoms with Crippen molar-refractivity contribution < 1.29 is 9.90 Å². The number of hydrogen-bond acceptors (Lipinski definition) is 4. The maximum atomic E-state index is 11.8. The van der Waals surface area contributed by atoms with Gasteiger partial charge < -0.3 is 14.6 Å². The third-order valence-electron chi connectivity index (χ3n) is 6.12. The Bertz CT molecular complexity index is 939. The van der Waals surface area contributed by atoms with Crippen molar-refractivity contribution in [2.75, 3.05) is 44.2 Å². The highest BCUT2D eigenvalue weighted by molar-refractivity contribution is 6.04. The van der Waals surface area contributed by atoms with Gasteiger partial charge in [-0.15, -0.1) is 19.4 Å². The van der Waals surface area contributed by atoms with Crippen molar-refractivity contribution in [3.63, 3.8) is 0 Å². The number of carbonyl (C=O) groups excluding carboxylic acids is 1. The first-order valence-corrected chi connectivity index (χ1v) is 11.5. The number of aliphatic hydroxyl groups excluding tert-OH is 1. The zero-order valence-corrected chi connectivity index (χ0v) is 21.1. The van der Waals surface area contributed by atoms with E-state index in [4.69, 9.17) is 5.11 Å². The number of aromatic nitrogens is 1. The first-order chi connectivity index (χ1) is 15.8. The Morgan fingerprint density at radius 1 is 1.15 bits per heavy atom. The number of β-amino-alcohol motifs (C(OH)–C–C–N with tert-alkyl or cyclic N) is 1. The van der Waals surface area contributed by atoms with E-state index in [0.29, 0.717) is 18.5 Å².